The summed E-state index contributed by atoms with van der Waals surface area (Å²) in [4.78, 5) is 15.7. The molecule has 0 aliphatic carbocycles. The second-order valence-corrected chi connectivity index (χ2v) is 6.48. The van der Waals surface area contributed by atoms with E-state index in [4.69, 9.17) is 17.0 Å². The molecule has 5 nitrogen and oxygen atoms in total. The summed E-state index contributed by atoms with van der Waals surface area (Å²) in [5.41, 5.74) is 0.183. The number of ether oxygens (including phenoxy) is 1. The van der Waals surface area contributed by atoms with Gasteiger partial charge in [0, 0.05) is 6.54 Å². The van der Waals surface area contributed by atoms with Crippen LogP contribution in [0.2, 0.25) is 0 Å². The third-order valence-corrected chi connectivity index (χ3v) is 4.74. The Balaban J connectivity index is 1.84. The maximum Gasteiger partial charge on any atom is 0.282 e. The van der Waals surface area contributed by atoms with Gasteiger partial charge in [0.2, 0.25) is 5.72 Å². The van der Waals surface area contributed by atoms with Gasteiger partial charge in [0.1, 0.15) is 5.75 Å². The summed E-state index contributed by atoms with van der Waals surface area (Å²) in [6, 6.07) is 17.1. The van der Waals surface area contributed by atoms with E-state index < -0.39 is 11.6 Å². The van der Waals surface area contributed by atoms with E-state index in [2.05, 4.69) is 0 Å². The predicted octanol–water partition coefficient (Wildman–Crippen LogP) is 2.53. The number of benzene rings is 2. The molecule has 1 aliphatic heterocycles. The molecular weight excluding hydrogens is 336 g/mol. The van der Waals surface area contributed by atoms with E-state index >= 15 is 0 Å². The predicted molar refractivity (Wildman–Crippen MR) is 98.8 cm³/mol. The van der Waals surface area contributed by atoms with Crippen LogP contribution in [0.5, 0.6) is 5.75 Å². The molecule has 3 rings (SSSR count). The first kappa shape index (κ1) is 17.4. The molecule has 0 aromatic heterocycles. The second-order valence-electron chi connectivity index (χ2n) is 6.12. The Morgan fingerprint density at radius 1 is 1.08 bits per heavy atom. The molecule has 0 bridgehead atoms. The zero-order valence-corrected chi connectivity index (χ0v) is 15.0. The van der Waals surface area contributed by atoms with E-state index in [-0.39, 0.29) is 0 Å². The molecule has 6 heteroatoms. The Morgan fingerprint density at radius 2 is 1.76 bits per heavy atom. The van der Waals surface area contributed by atoms with E-state index in [9.17, 15) is 9.90 Å². The summed E-state index contributed by atoms with van der Waals surface area (Å²) in [6.07, 6.45) is 0. The van der Waals surface area contributed by atoms with E-state index in [1.165, 1.54) is 11.8 Å². The van der Waals surface area contributed by atoms with Crippen LogP contribution >= 0.6 is 12.2 Å². The van der Waals surface area contributed by atoms with Crippen LogP contribution in [0.25, 0.3) is 0 Å². The van der Waals surface area contributed by atoms with Gasteiger partial charge in [0.15, 0.2) is 5.11 Å². The summed E-state index contributed by atoms with van der Waals surface area (Å²) in [5.74, 6) is 0.305. The second kappa shape index (κ2) is 6.82. The molecule has 130 valence electrons. The zero-order chi connectivity index (χ0) is 18.0. The van der Waals surface area contributed by atoms with Gasteiger partial charge in [0.05, 0.1) is 13.7 Å². The molecule has 0 radical (unpaired) electrons. The lowest BCUT2D eigenvalue weighted by Crippen LogP contribution is -2.46. The van der Waals surface area contributed by atoms with E-state index in [1.54, 1.807) is 12.0 Å². The molecule has 1 N–H and O–H groups in total. The average Bonchev–Trinajstić information content (AvgIpc) is 2.77. The highest BCUT2D eigenvalue weighted by molar-refractivity contribution is 7.80. The van der Waals surface area contributed by atoms with Crippen molar-refractivity contribution in [3.8, 4) is 5.75 Å². The quantitative estimate of drug-likeness (QED) is 0.835. The van der Waals surface area contributed by atoms with Crippen LogP contribution in [0.4, 0.5) is 0 Å². The van der Waals surface area contributed by atoms with Gasteiger partial charge in [-0.1, -0.05) is 42.5 Å². The van der Waals surface area contributed by atoms with Crippen LogP contribution < -0.4 is 4.74 Å². The summed E-state index contributed by atoms with van der Waals surface area (Å²) >= 11 is 5.49. The molecule has 1 aliphatic rings. The highest BCUT2D eigenvalue weighted by atomic mass is 32.1. The summed E-state index contributed by atoms with van der Waals surface area (Å²) in [6.45, 7) is 2.14. The molecular formula is C19H20N2O3S. The van der Waals surface area contributed by atoms with Crippen LogP contribution in [0, 0.1) is 0 Å². The number of thiocarbonyl (C=S) groups is 1. The van der Waals surface area contributed by atoms with Gasteiger partial charge in [-0.2, -0.15) is 0 Å². The molecule has 0 spiro atoms. The minimum atomic E-state index is -1.67. The van der Waals surface area contributed by atoms with Gasteiger partial charge < -0.3 is 14.7 Å². The SMILES string of the molecule is COc1cccc(CN2C(=S)N(Cc3ccccc3)C(=O)C2(C)O)c1. The standard InChI is InChI=1S/C19H20N2O3S/c1-19(23)17(22)20(12-14-7-4-3-5-8-14)18(25)21(19)13-15-9-6-10-16(11-15)24-2/h3-11,23H,12-13H2,1-2H3. The Hall–Kier alpha value is -2.44. The highest BCUT2D eigenvalue weighted by Gasteiger charge is 2.50. The van der Waals surface area contributed by atoms with Crippen molar-refractivity contribution in [2.24, 2.45) is 0 Å². The lowest BCUT2D eigenvalue weighted by Gasteiger charge is -2.28. The first-order valence-corrected chi connectivity index (χ1v) is 8.37. The molecule has 1 unspecified atom stereocenters. The fourth-order valence-electron chi connectivity index (χ4n) is 2.87. The molecule has 0 saturated carbocycles. The van der Waals surface area contributed by atoms with E-state index in [1.807, 2.05) is 54.6 Å². The molecule has 25 heavy (non-hydrogen) atoms. The first-order valence-electron chi connectivity index (χ1n) is 7.96. The lowest BCUT2D eigenvalue weighted by molar-refractivity contribution is -0.151. The minimum Gasteiger partial charge on any atom is -0.497 e. The number of amides is 1. The van der Waals surface area contributed by atoms with Crippen LogP contribution in [0.3, 0.4) is 0 Å². The van der Waals surface area contributed by atoms with Gasteiger partial charge in [0.25, 0.3) is 5.91 Å². The lowest BCUT2D eigenvalue weighted by atomic mass is 10.1. The van der Waals surface area contributed by atoms with Crippen molar-refractivity contribution in [2.75, 3.05) is 7.11 Å². The molecule has 1 saturated heterocycles. The normalized spacial score (nSPS) is 20.3. The van der Waals surface area contributed by atoms with Crippen molar-refractivity contribution in [1.82, 2.24) is 9.80 Å². The number of nitrogens with zero attached hydrogens (tertiary/aromatic N) is 2. The van der Waals surface area contributed by atoms with Crippen LogP contribution in [0.1, 0.15) is 18.1 Å². The van der Waals surface area contributed by atoms with Gasteiger partial charge in [-0.05, 0) is 42.4 Å². The molecule has 2 aromatic rings. The number of rotatable bonds is 5. The molecule has 1 fully saturated rings. The van der Waals surface area contributed by atoms with Crippen molar-refractivity contribution in [3.63, 3.8) is 0 Å². The average molecular weight is 356 g/mol. The number of methoxy groups -OCH3 is 1. The molecule has 1 atom stereocenters. The van der Waals surface area contributed by atoms with Crippen molar-refractivity contribution >= 4 is 23.2 Å². The summed E-state index contributed by atoms with van der Waals surface area (Å²) < 4.78 is 5.23. The van der Waals surface area contributed by atoms with Gasteiger partial charge in [-0.3, -0.25) is 9.69 Å². The molecule has 1 heterocycles. The smallest absolute Gasteiger partial charge is 0.282 e. The third-order valence-electron chi connectivity index (χ3n) is 4.30. The number of carbonyl (C=O) groups is 1. The van der Waals surface area contributed by atoms with Crippen LogP contribution in [-0.4, -0.2) is 38.8 Å². The Labute approximate surface area is 152 Å². The minimum absolute atomic E-state index is 0.320. The van der Waals surface area contributed by atoms with Crippen molar-refractivity contribution in [1.29, 1.82) is 0 Å². The Morgan fingerprint density at radius 3 is 2.44 bits per heavy atom. The summed E-state index contributed by atoms with van der Waals surface area (Å²) in [5, 5.41) is 11.1. The highest BCUT2D eigenvalue weighted by Crippen LogP contribution is 2.29. The largest absolute Gasteiger partial charge is 0.497 e. The number of carbonyl (C=O) groups excluding carboxylic acids is 1. The molecule has 2 aromatic carbocycles. The van der Waals surface area contributed by atoms with E-state index in [0.29, 0.717) is 18.2 Å². The number of hydrogen-bond donors (Lipinski definition) is 1. The van der Waals surface area contributed by atoms with Gasteiger partial charge in [-0.25, -0.2) is 0 Å². The Bertz CT molecular complexity index is 792. The van der Waals surface area contributed by atoms with Gasteiger partial charge in [-0.15, -0.1) is 0 Å². The van der Waals surface area contributed by atoms with Crippen LogP contribution in [0.15, 0.2) is 54.6 Å². The third kappa shape index (κ3) is 3.36. The molecule has 1 amide bonds. The van der Waals surface area contributed by atoms with Crippen LogP contribution in [-0.2, 0) is 17.9 Å². The zero-order valence-electron chi connectivity index (χ0n) is 14.2. The van der Waals surface area contributed by atoms with Crippen molar-refractivity contribution < 1.29 is 14.6 Å². The fourth-order valence-corrected chi connectivity index (χ4v) is 3.26. The van der Waals surface area contributed by atoms with E-state index in [0.717, 1.165) is 16.9 Å². The maximum absolute atomic E-state index is 12.7. The first-order chi connectivity index (χ1) is 11.9. The van der Waals surface area contributed by atoms with Gasteiger partial charge >= 0.3 is 0 Å². The number of aliphatic hydroxyl groups is 1. The summed E-state index contributed by atoms with van der Waals surface area (Å²) in [7, 11) is 1.60. The Kier molecular flexibility index (Phi) is 4.74. The fraction of sp³-hybridized carbons (Fsp3) is 0.263. The monoisotopic (exact) mass is 356 g/mol. The topological polar surface area (TPSA) is 53.0 Å². The van der Waals surface area contributed by atoms with Crippen molar-refractivity contribution in [2.45, 2.75) is 25.7 Å². The number of hydrogen-bond acceptors (Lipinski definition) is 4. The maximum atomic E-state index is 12.7. The van der Waals surface area contributed by atoms with Crippen molar-refractivity contribution in [3.05, 3.63) is 65.7 Å².